The first-order chi connectivity index (χ1) is 18.3. The second-order valence-corrected chi connectivity index (χ2v) is 12.2. The summed E-state index contributed by atoms with van der Waals surface area (Å²) in [5, 5.41) is 0. The average Bonchev–Trinajstić information content (AvgIpc) is 2.90. The molecule has 0 heterocycles. The van der Waals surface area contributed by atoms with Gasteiger partial charge in [0.15, 0.2) is 0 Å². The molecule has 0 aromatic rings. The monoisotopic (exact) mass is 520 g/mol. The Hall–Kier alpha value is -0.300. The van der Waals surface area contributed by atoms with Crippen LogP contribution in [0.2, 0.25) is 0 Å². The predicted molar refractivity (Wildman–Crippen MR) is 172 cm³/mol. The van der Waals surface area contributed by atoms with Crippen molar-refractivity contribution in [2.75, 3.05) is 0 Å². The fraction of sp³-hybridized carbons (Fsp3) is 0.944. The first-order valence-corrected chi connectivity index (χ1v) is 17.7. The zero-order valence-corrected chi connectivity index (χ0v) is 26.2. The van der Waals surface area contributed by atoms with E-state index in [1.807, 2.05) is 0 Å². The molecule has 0 aromatic heterocycles. The maximum absolute atomic E-state index is 6.38. The molecule has 0 spiro atoms. The van der Waals surface area contributed by atoms with Gasteiger partial charge in [0.2, 0.25) is 0 Å². The normalized spacial score (nSPS) is 12.6. The lowest BCUT2D eigenvalue weighted by Gasteiger charge is -2.11. The molecule has 1 nitrogen and oxygen atoms in total. The number of allylic oxidation sites excluding steroid dienone is 2. The Bertz CT molecular complexity index is 415. The summed E-state index contributed by atoms with van der Waals surface area (Å²) in [5.41, 5.74) is 6.38. The summed E-state index contributed by atoms with van der Waals surface area (Å²) in [7, 11) is 0. The molecule has 1 unspecified atom stereocenters. The van der Waals surface area contributed by atoms with Gasteiger partial charge in [-0.3, -0.25) is 0 Å². The molecule has 0 saturated carbocycles. The molecule has 0 bridgehead atoms. The molecule has 0 radical (unpaired) electrons. The van der Waals surface area contributed by atoms with Gasteiger partial charge in [0, 0.05) is 6.04 Å². The molecular formula is C36H73N. The minimum atomic E-state index is 0.455. The van der Waals surface area contributed by atoms with Crippen LogP contribution in [0.1, 0.15) is 213 Å². The lowest BCUT2D eigenvalue weighted by atomic mass is 10.0. The minimum absolute atomic E-state index is 0.455. The van der Waals surface area contributed by atoms with E-state index in [0.717, 1.165) is 0 Å². The van der Waals surface area contributed by atoms with Gasteiger partial charge in [0.25, 0.3) is 0 Å². The topological polar surface area (TPSA) is 26.0 Å². The van der Waals surface area contributed by atoms with E-state index in [1.54, 1.807) is 0 Å². The van der Waals surface area contributed by atoms with Gasteiger partial charge < -0.3 is 5.73 Å². The third kappa shape index (κ3) is 33.7. The standard InChI is InChI=1S/C36H73N/c1-3-5-7-9-11-13-15-17-19-21-23-25-27-29-31-33-35-36(37)34-32-30-28-26-24-22-20-18-16-14-12-10-8-6-4-2/h18,20,36H,3-17,19,21-35,37H2,1-2H3/b20-18-. The SMILES string of the molecule is CCCCCCCC/C=C\CCCCCCCC(N)CCCCCCCCCCCCCCCCCC. The van der Waals surface area contributed by atoms with E-state index in [2.05, 4.69) is 26.0 Å². The summed E-state index contributed by atoms with van der Waals surface area (Å²) >= 11 is 0. The van der Waals surface area contributed by atoms with Crippen molar-refractivity contribution in [2.45, 2.75) is 219 Å². The van der Waals surface area contributed by atoms with Crippen molar-refractivity contribution >= 4 is 0 Å². The number of hydrogen-bond donors (Lipinski definition) is 1. The zero-order chi connectivity index (χ0) is 26.9. The Labute approximate surface area is 236 Å². The molecule has 0 aliphatic carbocycles. The molecular weight excluding hydrogens is 446 g/mol. The zero-order valence-electron chi connectivity index (χ0n) is 26.2. The summed E-state index contributed by atoms with van der Waals surface area (Å²) in [4.78, 5) is 0. The van der Waals surface area contributed by atoms with E-state index in [-0.39, 0.29) is 0 Å². The summed E-state index contributed by atoms with van der Waals surface area (Å²) in [6, 6.07) is 0.455. The summed E-state index contributed by atoms with van der Waals surface area (Å²) in [6.45, 7) is 4.59. The van der Waals surface area contributed by atoms with E-state index in [9.17, 15) is 0 Å². The van der Waals surface area contributed by atoms with Crippen LogP contribution in [0.3, 0.4) is 0 Å². The first-order valence-electron chi connectivity index (χ1n) is 17.7. The minimum Gasteiger partial charge on any atom is -0.328 e. The lowest BCUT2D eigenvalue weighted by molar-refractivity contribution is 0.481. The molecule has 1 heteroatoms. The highest BCUT2D eigenvalue weighted by Gasteiger charge is 2.02. The van der Waals surface area contributed by atoms with Gasteiger partial charge in [-0.2, -0.15) is 0 Å². The maximum Gasteiger partial charge on any atom is 0.00388 e. The number of nitrogens with two attached hydrogens (primary N) is 1. The Morgan fingerprint density at radius 2 is 0.595 bits per heavy atom. The molecule has 0 saturated heterocycles. The molecule has 0 fully saturated rings. The number of rotatable bonds is 32. The molecule has 0 amide bonds. The van der Waals surface area contributed by atoms with E-state index in [4.69, 9.17) is 5.73 Å². The largest absolute Gasteiger partial charge is 0.328 e. The van der Waals surface area contributed by atoms with Crippen molar-refractivity contribution in [1.29, 1.82) is 0 Å². The van der Waals surface area contributed by atoms with Gasteiger partial charge in [-0.1, -0.05) is 187 Å². The third-order valence-electron chi connectivity index (χ3n) is 8.27. The van der Waals surface area contributed by atoms with E-state index in [1.165, 1.54) is 199 Å². The molecule has 0 aliphatic rings. The summed E-state index contributed by atoms with van der Waals surface area (Å²) in [6.07, 6.45) is 48.4. The van der Waals surface area contributed by atoms with Gasteiger partial charge in [-0.05, 0) is 38.5 Å². The van der Waals surface area contributed by atoms with Crippen LogP contribution in [-0.2, 0) is 0 Å². The van der Waals surface area contributed by atoms with Crippen LogP contribution >= 0.6 is 0 Å². The van der Waals surface area contributed by atoms with Crippen LogP contribution in [0.5, 0.6) is 0 Å². The second kappa shape index (κ2) is 33.7. The maximum atomic E-state index is 6.38. The van der Waals surface area contributed by atoms with Crippen LogP contribution in [-0.4, -0.2) is 6.04 Å². The highest BCUT2D eigenvalue weighted by molar-refractivity contribution is 4.81. The van der Waals surface area contributed by atoms with Crippen molar-refractivity contribution in [3.63, 3.8) is 0 Å². The van der Waals surface area contributed by atoms with Gasteiger partial charge in [-0.25, -0.2) is 0 Å². The molecule has 222 valence electrons. The third-order valence-corrected chi connectivity index (χ3v) is 8.27. The molecule has 2 N–H and O–H groups in total. The van der Waals surface area contributed by atoms with Crippen LogP contribution in [0, 0.1) is 0 Å². The van der Waals surface area contributed by atoms with Crippen molar-refractivity contribution in [3.8, 4) is 0 Å². The smallest absolute Gasteiger partial charge is 0.00388 e. The summed E-state index contributed by atoms with van der Waals surface area (Å²) < 4.78 is 0. The van der Waals surface area contributed by atoms with Gasteiger partial charge in [-0.15, -0.1) is 0 Å². The average molecular weight is 520 g/mol. The fourth-order valence-electron chi connectivity index (χ4n) is 5.58. The second-order valence-electron chi connectivity index (χ2n) is 12.2. The molecule has 0 rings (SSSR count). The highest BCUT2D eigenvalue weighted by atomic mass is 14.6. The van der Waals surface area contributed by atoms with Crippen molar-refractivity contribution in [3.05, 3.63) is 12.2 Å². The Kier molecular flexibility index (Phi) is 33.5. The van der Waals surface area contributed by atoms with E-state index < -0.39 is 0 Å². The van der Waals surface area contributed by atoms with Crippen molar-refractivity contribution < 1.29 is 0 Å². The highest BCUT2D eigenvalue weighted by Crippen LogP contribution is 2.16. The van der Waals surface area contributed by atoms with Crippen LogP contribution in [0.25, 0.3) is 0 Å². The molecule has 0 aliphatic heterocycles. The van der Waals surface area contributed by atoms with Crippen LogP contribution in [0.4, 0.5) is 0 Å². The van der Waals surface area contributed by atoms with Gasteiger partial charge >= 0.3 is 0 Å². The Morgan fingerprint density at radius 1 is 0.351 bits per heavy atom. The van der Waals surface area contributed by atoms with E-state index >= 15 is 0 Å². The lowest BCUT2D eigenvalue weighted by Crippen LogP contribution is -2.19. The first kappa shape index (κ1) is 36.7. The summed E-state index contributed by atoms with van der Waals surface area (Å²) in [5.74, 6) is 0. The van der Waals surface area contributed by atoms with Crippen molar-refractivity contribution in [2.24, 2.45) is 5.73 Å². The Balaban J connectivity index is 3.18. The molecule has 1 atom stereocenters. The number of unbranched alkanes of at least 4 members (excludes halogenated alkanes) is 26. The Morgan fingerprint density at radius 3 is 0.892 bits per heavy atom. The fourth-order valence-corrected chi connectivity index (χ4v) is 5.58. The van der Waals surface area contributed by atoms with Crippen LogP contribution in [0.15, 0.2) is 12.2 Å². The quantitative estimate of drug-likeness (QED) is 0.0693. The molecule has 37 heavy (non-hydrogen) atoms. The predicted octanol–water partition coefficient (Wildman–Crippen LogP) is 13.0. The van der Waals surface area contributed by atoms with Gasteiger partial charge in [0.05, 0.1) is 0 Å². The van der Waals surface area contributed by atoms with E-state index in [0.29, 0.717) is 6.04 Å². The van der Waals surface area contributed by atoms with Crippen LogP contribution < -0.4 is 5.73 Å². The molecule has 0 aromatic carbocycles. The van der Waals surface area contributed by atoms with Crippen molar-refractivity contribution in [1.82, 2.24) is 0 Å². The van der Waals surface area contributed by atoms with Gasteiger partial charge in [0.1, 0.15) is 0 Å². The number of hydrogen-bond acceptors (Lipinski definition) is 1.